The van der Waals surface area contributed by atoms with Gasteiger partial charge in [-0.15, -0.1) is 0 Å². The Morgan fingerprint density at radius 1 is 0.378 bits per heavy atom. The highest BCUT2D eigenvalue weighted by atomic mass is 16.0. The Balaban J connectivity index is 0.000000200. The topological polar surface area (TPSA) is 31.5 Å². The van der Waals surface area contributed by atoms with Gasteiger partial charge in [-0.3, -0.25) is 0 Å². The Hall–Kier alpha value is -3.68. The zero-order chi connectivity index (χ0) is 30.7. The summed E-state index contributed by atoms with van der Waals surface area (Å²) in [4.78, 5) is 0. The number of aryl methyl sites for hydroxylation is 4. The minimum atomic E-state index is 0. The van der Waals surface area contributed by atoms with E-state index in [1.807, 2.05) is 0 Å². The Bertz CT molecular complexity index is 1680. The number of rotatable bonds is 12. The molecule has 45 heavy (non-hydrogen) atoms. The molecule has 0 atom stereocenters. The molecule has 0 fully saturated rings. The van der Waals surface area contributed by atoms with Gasteiger partial charge < -0.3 is 5.48 Å². The van der Waals surface area contributed by atoms with E-state index in [4.69, 9.17) is 0 Å². The second-order valence-electron chi connectivity index (χ2n) is 12.6. The number of hydrogen-bond acceptors (Lipinski definition) is 0. The highest BCUT2D eigenvalue weighted by Crippen LogP contribution is 2.34. The summed E-state index contributed by atoms with van der Waals surface area (Å²) in [6.07, 6.45) is 14.9. The quantitative estimate of drug-likeness (QED) is 0.126. The monoisotopic (exact) mass is 598 g/mol. The normalized spacial score (nSPS) is 11.1. The third kappa shape index (κ3) is 7.95. The van der Waals surface area contributed by atoms with Crippen LogP contribution >= 0.6 is 0 Å². The van der Waals surface area contributed by atoms with Crippen molar-refractivity contribution in [1.82, 2.24) is 0 Å². The fraction of sp³-hybridized carbons (Fsp3) is 0.364. The molecule has 0 aliphatic carbocycles. The van der Waals surface area contributed by atoms with Gasteiger partial charge in [0.15, 0.2) is 0 Å². The number of hydrogen-bond donors (Lipinski definition) is 0. The van der Waals surface area contributed by atoms with Crippen molar-refractivity contribution in [3.05, 3.63) is 119 Å². The van der Waals surface area contributed by atoms with Crippen molar-refractivity contribution in [3.63, 3.8) is 0 Å². The van der Waals surface area contributed by atoms with E-state index in [9.17, 15) is 0 Å². The van der Waals surface area contributed by atoms with Crippen LogP contribution in [0.4, 0.5) is 0 Å². The van der Waals surface area contributed by atoms with Crippen LogP contribution in [-0.2, 0) is 25.7 Å². The molecule has 0 unspecified atom stereocenters. The van der Waals surface area contributed by atoms with E-state index in [0.717, 1.165) is 0 Å². The standard InChI is InChI=1S/2C22H26.H2O/c2*1-3-5-10-17-12-9-13-19-16-18-11-7-8-15-20(18)21(22(17)19)14-6-4-2;/h2*7-9,11-13,15-16H,3-6,10,14H2,1-2H3;1H2. The number of fused-ring (bicyclic) bond motifs is 4. The van der Waals surface area contributed by atoms with E-state index in [2.05, 4.69) is 125 Å². The largest absolute Gasteiger partial charge is 0.412 e. The summed E-state index contributed by atoms with van der Waals surface area (Å²) in [7, 11) is 0. The molecule has 0 bridgehead atoms. The van der Waals surface area contributed by atoms with Crippen LogP contribution in [-0.4, -0.2) is 5.48 Å². The van der Waals surface area contributed by atoms with Crippen LogP contribution in [0.25, 0.3) is 43.1 Å². The molecule has 0 saturated heterocycles. The van der Waals surface area contributed by atoms with Crippen molar-refractivity contribution in [1.29, 1.82) is 0 Å². The fourth-order valence-corrected chi connectivity index (χ4v) is 6.99. The van der Waals surface area contributed by atoms with Crippen molar-refractivity contribution >= 4 is 43.1 Å². The molecule has 0 aliphatic rings. The molecule has 6 aromatic carbocycles. The minimum absolute atomic E-state index is 0. The first-order chi connectivity index (χ1) is 21.7. The second kappa shape index (κ2) is 17.1. The van der Waals surface area contributed by atoms with E-state index in [1.54, 1.807) is 11.1 Å². The van der Waals surface area contributed by atoms with Crippen LogP contribution in [0.15, 0.2) is 97.1 Å². The van der Waals surface area contributed by atoms with E-state index < -0.39 is 0 Å². The van der Waals surface area contributed by atoms with Crippen molar-refractivity contribution in [2.75, 3.05) is 0 Å². The van der Waals surface area contributed by atoms with Crippen LogP contribution in [0.1, 0.15) is 101 Å². The lowest BCUT2D eigenvalue weighted by Crippen LogP contribution is -1.95. The Kier molecular flexibility index (Phi) is 13.0. The van der Waals surface area contributed by atoms with Crippen LogP contribution < -0.4 is 0 Å². The Labute approximate surface area is 272 Å². The van der Waals surface area contributed by atoms with Gasteiger partial charge >= 0.3 is 0 Å². The molecule has 6 rings (SSSR count). The van der Waals surface area contributed by atoms with Crippen LogP contribution in [0, 0.1) is 0 Å². The van der Waals surface area contributed by atoms with E-state index >= 15 is 0 Å². The van der Waals surface area contributed by atoms with Crippen molar-refractivity contribution in [2.45, 2.75) is 105 Å². The maximum Gasteiger partial charge on any atom is -0.0113 e. The minimum Gasteiger partial charge on any atom is -0.412 e. The van der Waals surface area contributed by atoms with Gasteiger partial charge in [0.1, 0.15) is 0 Å². The number of benzene rings is 6. The molecule has 6 aromatic rings. The Morgan fingerprint density at radius 2 is 0.733 bits per heavy atom. The highest BCUT2D eigenvalue weighted by molar-refractivity contribution is 6.04. The van der Waals surface area contributed by atoms with Crippen molar-refractivity contribution in [2.24, 2.45) is 0 Å². The van der Waals surface area contributed by atoms with Crippen molar-refractivity contribution < 1.29 is 5.48 Å². The molecule has 0 radical (unpaired) electrons. The molecule has 0 aromatic heterocycles. The van der Waals surface area contributed by atoms with Crippen molar-refractivity contribution in [3.8, 4) is 0 Å². The van der Waals surface area contributed by atoms with Gasteiger partial charge in [-0.25, -0.2) is 0 Å². The van der Waals surface area contributed by atoms with Crippen LogP contribution in [0.5, 0.6) is 0 Å². The highest BCUT2D eigenvalue weighted by Gasteiger charge is 2.12. The number of unbranched alkanes of at least 4 members (excludes halogenated alkanes) is 4. The molecule has 0 heterocycles. The smallest absolute Gasteiger partial charge is 0.0113 e. The summed E-state index contributed by atoms with van der Waals surface area (Å²) in [5.74, 6) is 0. The predicted molar refractivity (Wildman–Crippen MR) is 201 cm³/mol. The van der Waals surface area contributed by atoms with Gasteiger partial charge in [-0.1, -0.05) is 138 Å². The second-order valence-corrected chi connectivity index (χ2v) is 12.6. The summed E-state index contributed by atoms with van der Waals surface area (Å²) in [5, 5.41) is 11.6. The molecule has 0 spiro atoms. The maximum absolute atomic E-state index is 2.37. The zero-order valence-electron chi connectivity index (χ0n) is 28.2. The van der Waals surface area contributed by atoms with Gasteiger partial charge in [0.25, 0.3) is 0 Å². The summed E-state index contributed by atoms with van der Waals surface area (Å²) < 4.78 is 0. The lowest BCUT2D eigenvalue weighted by atomic mass is 9.89. The third-order valence-corrected chi connectivity index (χ3v) is 9.32. The first kappa shape index (κ1) is 34.2. The summed E-state index contributed by atoms with van der Waals surface area (Å²) >= 11 is 0. The first-order valence-electron chi connectivity index (χ1n) is 17.5. The average molecular weight is 599 g/mol. The Morgan fingerprint density at radius 3 is 1.13 bits per heavy atom. The molecular formula is C44H54O. The van der Waals surface area contributed by atoms with Gasteiger partial charge in [0.2, 0.25) is 0 Å². The van der Waals surface area contributed by atoms with E-state index in [1.165, 1.54) is 131 Å². The lowest BCUT2D eigenvalue weighted by Gasteiger charge is -2.15. The summed E-state index contributed by atoms with van der Waals surface area (Å²) in [6, 6.07) is 36.2. The molecule has 0 saturated carbocycles. The van der Waals surface area contributed by atoms with Gasteiger partial charge in [-0.05, 0) is 129 Å². The molecular weight excluding hydrogens is 544 g/mol. The van der Waals surface area contributed by atoms with E-state index in [0.29, 0.717) is 0 Å². The molecule has 0 aliphatic heterocycles. The van der Waals surface area contributed by atoms with E-state index in [-0.39, 0.29) is 5.48 Å². The van der Waals surface area contributed by atoms with Gasteiger partial charge in [-0.2, -0.15) is 0 Å². The molecule has 1 nitrogen and oxygen atoms in total. The molecule has 236 valence electrons. The fourth-order valence-electron chi connectivity index (χ4n) is 6.99. The zero-order valence-corrected chi connectivity index (χ0v) is 28.2. The lowest BCUT2D eigenvalue weighted by molar-refractivity contribution is 0.791. The van der Waals surface area contributed by atoms with Crippen LogP contribution in [0.3, 0.4) is 0 Å². The molecule has 0 amide bonds. The van der Waals surface area contributed by atoms with Gasteiger partial charge in [0, 0.05) is 0 Å². The maximum atomic E-state index is 2.37. The third-order valence-electron chi connectivity index (χ3n) is 9.32. The van der Waals surface area contributed by atoms with Crippen LogP contribution in [0.2, 0.25) is 0 Å². The molecule has 2 N–H and O–H groups in total. The summed E-state index contributed by atoms with van der Waals surface area (Å²) in [6.45, 7) is 9.12. The predicted octanol–water partition coefficient (Wildman–Crippen LogP) is 12.5. The summed E-state index contributed by atoms with van der Waals surface area (Å²) in [5.41, 5.74) is 6.22. The SMILES string of the molecule is CCCCc1cccc2cc3ccccc3c(CCCC)c12.CCCCc1cccc2cc3ccccc3c(CCCC)c12.O. The first-order valence-corrected chi connectivity index (χ1v) is 17.5. The van der Waals surface area contributed by atoms with Gasteiger partial charge in [0.05, 0.1) is 0 Å². The average Bonchev–Trinajstić information content (AvgIpc) is 3.06. The molecule has 1 heteroatoms.